The summed E-state index contributed by atoms with van der Waals surface area (Å²) in [6.07, 6.45) is 1.45. The van der Waals surface area contributed by atoms with E-state index in [1.165, 1.54) is 6.20 Å². The number of hydrogen-bond donors (Lipinski definition) is 4. The molecule has 0 aliphatic carbocycles. The maximum Gasteiger partial charge on any atom is 0.288 e. The molecule has 44 valence electrons. The highest BCUT2D eigenvalue weighted by atomic mass is 16.1. The van der Waals surface area contributed by atoms with Gasteiger partial charge in [0.05, 0.1) is 0 Å². The van der Waals surface area contributed by atoms with Gasteiger partial charge in [-0.3, -0.25) is 15.7 Å². The van der Waals surface area contributed by atoms with Crippen LogP contribution in [-0.4, -0.2) is 10.2 Å². The molecular weight excluding hydrogens is 108 g/mol. The van der Waals surface area contributed by atoms with E-state index in [1.807, 2.05) is 0 Å². The number of H-pyrrole nitrogens is 2. The Morgan fingerprint density at radius 2 is 2.50 bits per heavy atom. The number of aromatic amines is 2. The van der Waals surface area contributed by atoms with Gasteiger partial charge in [0.25, 0.3) is 5.56 Å². The number of anilines is 1. The van der Waals surface area contributed by atoms with E-state index < -0.39 is 0 Å². The molecule has 1 aromatic heterocycles. The van der Waals surface area contributed by atoms with E-state index in [0.29, 0.717) is 5.69 Å². The maximum absolute atomic E-state index is 10.4. The molecule has 0 atom stereocenters. The van der Waals surface area contributed by atoms with E-state index in [2.05, 4.69) is 15.6 Å². The topological polar surface area (TPSA) is 86.7 Å². The molecule has 0 bridgehead atoms. The number of nitrogen functional groups attached to an aromatic ring is 1. The molecule has 0 saturated carbocycles. The summed E-state index contributed by atoms with van der Waals surface area (Å²) in [7, 11) is 0. The molecule has 0 fully saturated rings. The van der Waals surface area contributed by atoms with Crippen LogP contribution in [0.25, 0.3) is 0 Å². The van der Waals surface area contributed by atoms with Crippen molar-refractivity contribution in [2.45, 2.75) is 0 Å². The Kier molecular flexibility index (Phi) is 1.05. The summed E-state index contributed by atoms with van der Waals surface area (Å²) in [6.45, 7) is 0. The first-order chi connectivity index (χ1) is 3.84. The molecule has 1 aromatic rings. The Bertz CT molecular complexity index is 211. The molecule has 0 aromatic carbocycles. The molecule has 5 nitrogen and oxygen atoms in total. The minimum Gasteiger partial charge on any atom is -0.318 e. The van der Waals surface area contributed by atoms with Crippen LogP contribution in [0.5, 0.6) is 0 Å². The van der Waals surface area contributed by atoms with Crippen LogP contribution < -0.4 is 16.8 Å². The number of rotatable bonds is 1. The quantitative estimate of drug-likeness (QED) is 0.278. The largest absolute Gasteiger partial charge is 0.318 e. The lowest BCUT2D eigenvalue weighted by atomic mass is 10.6. The summed E-state index contributed by atoms with van der Waals surface area (Å²) in [6, 6.07) is 0. The standard InChI is InChI=1S/C3H6N4O/c4-6-2-1-5-7-3(2)8/h1,6H,4H2,(H2,5,7,8). The second-order valence-electron chi connectivity index (χ2n) is 1.30. The van der Waals surface area contributed by atoms with E-state index in [0.717, 1.165) is 0 Å². The number of nitrogens with two attached hydrogens (primary N) is 1. The van der Waals surface area contributed by atoms with Gasteiger partial charge in [-0.05, 0) is 0 Å². The Morgan fingerprint density at radius 1 is 1.75 bits per heavy atom. The van der Waals surface area contributed by atoms with Crippen LogP contribution in [0.2, 0.25) is 0 Å². The Labute approximate surface area is 44.9 Å². The van der Waals surface area contributed by atoms with Gasteiger partial charge in [-0.2, -0.15) is 0 Å². The summed E-state index contributed by atoms with van der Waals surface area (Å²) in [5.41, 5.74) is 2.30. The molecule has 0 radical (unpaired) electrons. The summed E-state index contributed by atoms with van der Waals surface area (Å²) in [4.78, 5) is 10.4. The molecule has 0 unspecified atom stereocenters. The Hall–Kier alpha value is -1.23. The minimum atomic E-state index is -0.243. The van der Waals surface area contributed by atoms with Crippen LogP contribution in [0, 0.1) is 0 Å². The average molecular weight is 114 g/mol. The lowest BCUT2D eigenvalue weighted by Crippen LogP contribution is -2.14. The van der Waals surface area contributed by atoms with Crippen LogP contribution >= 0.6 is 0 Å². The van der Waals surface area contributed by atoms with E-state index in [-0.39, 0.29) is 5.56 Å². The smallest absolute Gasteiger partial charge is 0.288 e. The number of aromatic nitrogens is 2. The van der Waals surface area contributed by atoms with Crippen molar-refractivity contribution in [1.29, 1.82) is 0 Å². The molecular formula is C3H6N4O. The van der Waals surface area contributed by atoms with Crippen molar-refractivity contribution in [1.82, 2.24) is 10.2 Å². The highest BCUT2D eigenvalue weighted by Gasteiger charge is 1.91. The first-order valence-corrected chi connectivity index (χ1v) is 2.07. The predicted molar refractivity (Wildman–Crippen MR) is 29.2 cm³/mol. The molecule has 5 N–H and O–H groups in total. The molecule has 8 heavy (non-hydrogen) atoms. The third-order valence-corrected chi connectivity index (χ3v) is 0.802. The van der Waals surface area contributed by atoms with Crippen molar-refractivity contribution in [3.8, 4) is 0 Å². The van der Waals surface area contributed by atoms with Gasteiger partial charge in [0.1, 0.15) is 5.69 Å². The maximum atomic E-state index is 10.4. The van der Waals surface area contributed by atoms with Gasteiger partial charge < -0.3 is 10.5 Å². The predicted octanol–water partition coefficient (Wildman–Crippen LogP) is -1.01. The molecule has 0 aliphatic rings. The van der Waals surface area contributed by atoms with E-state index >= 15 is 0 Å². The fourth-order valence-electron chi connectivity index (χ4n) is 0.414. The summed E-state index contributed by atoms with van der Waals surface area (Å²) in [5.74, 6) is 4.91. The lowest BCUT2D eigenvalue weighted by Gasteiger charge is -1.84. The summed E-state index contributed by atoms with van der Waals surface area (Å²) < 4.78 is 0. The van der Waals surface area contributed by atoms with Gasteiger partial charge in [0, 0.05) is 6.20 Å². The lowest BCUT2D eigenvalue weighted by molar-refractivity contribution is 1.06. The fraction of sp³-hybridized carbons (Fsp3) is 0. The van der Waals surface area contributed by atoms with E-state index in [4.69, 9.17) is 5.84 Å². The zero-order valence-electron chi connectivity index (χ0n) is 4.06. The zero-order chi connectivity index (χ0) is 5.98. The first-order valence-electron chi connectivity index (χ1n) is 2.07. The first kappa shape index (κ1) is 4.92. The van der Waals surface area contributed by atoms with Crippen molar-refractivity contribution in [3.63, 3.8) is 0 Å². The van der Waals surface area contributed by atoms with Gasteiger partial charge in [-0.25, -0.2) is 0 Å². The Morgan fingerprint density at radius 3 is 2.75 bits per heavy atom. The number of nitrogens with one attached hydrogen (secondary N) is 3. The minimum absolute atomic E-state index is 0.243. The van der Waals surface area contributed by atoms with Crippen LogP contribution in [-0.2, 0) is 0 Å². The van der Waals surface area contributed by atoms with Crippen molar-refractivity contribution in [2.24, 2.45) is 5.84 Å². The molecule has 0 amide bonds. The molecule has 5 heteroatoms. The molecule has 0 spiro atoms. The average Bonchev–Trinajstić information content (AvgIpc) is 2.14. The van der Waals surface area contributed by atoms with Crippen LogP contribution in [0.1, 0.15) is 0 Å². The summed E-state index contributed by atoms with van der Waals surface area (Å²) in [5, 5.41) is 4.77. The zero-order valence-corrected chi connectivity index (χ0v) is 4.06. The van der Waals surface area contributed by atoms with Gasteiger partial charge in [0.2, 0.25) is 0 Å². The van der Waals surface area contributed by atoms with Crippen molar-refractivity contribution < 1.29 is 0 Å². The van der Waals surface area contributed by atoms with Crippen molar-refractivity contribution in [3.05, 3.63) is 16.6 Å². The number of hydrogen-bond acceptors (Lipinski definition) is 3. The van der Waals surface area contributed by atoms with Crippen LogP contribution in [0.15, 0.2) is 11.0 Å². The van der Waals surface area contributed by atoms with Crippen molar-refractivity contribution in [2.75, 3.05) is 5.43 Å². The van der Waals surface area contributed by atoms with Crippen LogP contribution in [0.3, 0.4) is 0 Å². The molecule has 0 saturated heterocycles. The third-order valence-electron chi connectivity index (χ3n) is 0.802. The number of hydrazine groups is 1. The van der Waals surface area contributed by atoms with Crippen LogP contribution in [0.4, 0.5) is 5.69 Å². The SMILES string of the molecule is NNc1c[nH][nH]c1=O. The van der Waals surface area contributed by atoms with Gasteiger partial charge in [0.15, 0.2) is 0 Å². The van der Waals surface area contributed by atoms with E-state index in [1.54, 1.807) is 0 Å². The fourth-order valence-corrected chi connectivity index (χ4v) is 0.414. The highest BCUT2D eigenvalue weighted by molar-refractivity contribution is 5.35. The second kappa shape index (κ2) is 1.71. The third kappa shape index (κ3) is 0.584. The molecule has 0 aliphatic heterocycles. The highest BCUT2D eigenvalue weighted by Crippen LogP contribution is 1.86. The second-order valence-corrected chi connectivity index (χ2v) is 1.30. The Balaban J connectivity index is 3.11. The van der Waals surface area contributed by atoms with E-state index in [9.17, 15) is 4.79 Å². The normalized spacial score (nSPS) is 9.12. The monoisotopic (exact) mass is 114 g/mol. The van der Waals surface area contributed by atoms with Gasteiger partial charge in [-0.15, -0.1) is 0 Å². The van der Waals surface area contributed by atoms with Crippen molar-refractivity contribution >= 4 is 5.69 Å². The summed E-state index contributed by atoms with van der Waals surface area (Å²) >= 11 is 0. The van der Waals surface area contributed by atoms with Gasteiger partial charge >= 0.3 is 0 Å². The molecule has 1 rings (SSSR count). The van der Waals surface area contributed by atoms with Gasteiger partial charge in [-0.1, -0.05) is 0 Å². The molecule has 1 heterocycles.